The van der Waals surface area contributed by atoms with Gasteiger partial charge in [-0.05, 0) is 121 Å². The predicted molar refractivity (Wildman–Crippen MR) is 281 cm³/mol. The molecule has 7 aromatic rings. The van der Waals surface area contributed by atoms with Gasteiger partial charge in [0.2, 0.25) is 0 Å². The number of rotatable bonds is 28. The van der Waals surface area contributed by atoms with Crippen molar-refractivity contribution in [1.29, 1.82) is 0 Å². The van der Waals surface area contributed by atoms with Crippen LogP contribution in [0.3, 0.4) is 0 Å². The van der Waals surface area contributed by atoms with Crippen LogP contribution in [0.1, 0.15) is 137 Å². The van der Waals surface area contributed by atoms with Gasteiger partial charge in [0.25, 0.3) is 0 Å². The van der Waals surface area contributed by atoms with Crippen LogP contribution in [0.5, 0.6) is 23.0 Å². The highest BCUT2D eigenvalue weighted by molar-refractivity contribution is 5.92. The van der Waals surface area contributed by atoms with E-state index >= 15 is 0 Å². The number of hydrogen-bond acceptors (Lipinski definition) is 9. The standard InChI is InChI=1S/C61H67N3O6/c1-3-5-7-9-11-13-15-17-42-67-52-32-26-48(27-33-52)60(65)69-54-36-22-46(23-37-54)50-30-40-56(62-44-50)58-20-19-21-59(64-58)57-41-31-51(45-63-57)47-24-38-55(39-25-47)70-61(66)49-28-34-53(35-29-49)68-43-18-16-14-12-10-8-6-4-2/h19-41,44-45H,3-18,42-43H2,1-2H3. The largest absolute Gasteiger partial charge is 0.494 e. The molecule has 3 heterocycles. The molecule has 0 atom stereocenters. The van der Waals surface area contributed by atoms with E-state index in [2.05, 4.69) is 13.8 Å². The smallest absolute Gasteiger partial charge is 0.343 e. The first-order chi connectivity index (χ1) is 34.4. The number of nitrogens with zero attached hydrogens (tertiary/aromatic N) is 3. The molecule has 7 rings (SSSR count). The first kappa shape index (κ1) is 50.7. The van der Waals surface area contributed by atoms with Crippen molar-refractivity contribution in [3.8, 4) is 68.0 Å². The van der Waals surface area contributed by atoms with Gasteiger partial charge in [-0.25, -0.2) is 14.6 Å². The summed E-state index contributed by atoms with van der Waals surface area (Å²) in [6, 6.07) is 42.7. The minimum Gasteiger partial charge on any atom is -0.494 e. The lowest BCUT2D eigenvalue weighted by Crippen LogP contribution is -2.08. The highest BCUT2D eigenvalue weighted by atomic mass is 16.5. The van der Waals surface area contributed by atoms with Crippen LogP contribution in [-0.4, -0.2) is 40.1 Å². The molecule has 4 aromatic carbocycles. The fourth-order valence-electron chi connectivity index (χ4n) is 8.14. The topological polar surface area (TPSA) is 110 Å². The molecule has 0 radical (unpaired) electrons. The van der Waals surface area contributed by atoms with Crippen molar-refractivity contribution < 1.29 is 28.5 Å². The number of aromatic nitrogens is 3. The number of carbonyl (C=O) groups is 2. The molecule has 9 nitrogen and oxygen atoms in total. The van der Waals surface area contributed by atoms with Gasteiger partial charge < -0.3 is 18.9 Å². The summed E-state index contributed by atoms with van der Waals surface area (Å²) in [4.78, 5) is 40.1. The average Bonchev–Trinajstić information content (AvgIpc) is 3.41. The highest BCUT2D eigenvalue weighted by Crippen LogP contribution is 2.28. The summed E-state index contributed by atoms with van der Waals surface area (Å²) in [5.74, 6) is 1.58. The van der Waals surface area contributed by atoms with E-state index in [0.29, 0.717) is 35.8 Å². The van der Waals surface area contributed by atoms with E-state index in [1.807, 2.05) is 103 Å². The fourth-order valence-corrected chi connectivity index (χ4v) is 8.14. The second-order valence-electron chi connectivity index (χ2n) is 17.8. The van der Waals surface area contributed by atoms with Gasteiger partial charge in [0.05, 0.1) is 47.1 Å². The van der Waals surface area contributed by atoms with Gasteiger partial charge in [-0.3, -0.25) is 9.97 Å². The number of carbonyl (C=O) groups excluding carboxylic acids is 2. The second kappa shape index (κ2) is 27.8. The van der Waals surface area contributed by atoms with Crippen LogP contribution in [0.2, 0.25) is 0 Å². The summed E-state index contributed by atoms with van der Waals surface area (Å²) in [5.41, 5.74) is 7.56. The molecule has 0 saturated carbocycles. The quantitative estimate of drug-likeness (QED) is 0.0269. The number of benzene rings is 4. The van der Waals surface area contributed by atoms with Crippen LogP contribution in [0.15, 0.2) is 152 Å². The van der Waals surface area contributed by atoms with E-state index in [4.69, 9.17) is 33.9 Å². The number of ether oxygens (including phenoxy) is 4. The minimum atomic E-state index is -0.422. The van der Waals surface area contributed by atoms with Gasteiger partial charge in [0.15, 0.2) is 0 Å². The van der Waals surface area contributed by atoms with Crippen LogP contribution in [0.4, 0.5) is 0 Å². The third kappa shape index (κ3) is 16.0. The summed E-state index contributed by atoms with van der Waals surface area (Å²) in [6.07, 6.45) is 23.7. The van der Waals surface area contributed by atoms with Crippen LogP contribution in [-0.2, 0) is 0 Å². The Bertz CT molecular complexity index is 2450. The minimum absolute atomic E-state index is 0.422. The summed E-state index contributed by atoms with van der Waals surface area (Å²) in [5, 5.41) is 0. The van der Waals surface area contributed by atoms with E-state index < -0.39 is 11.9 Å². The number of pyridine rings is 3. The van der Waals surface area contributed by atoms with E-state index in [-0.39, 0.29) is 0 Å². The Balaban J connectivity index is 0.843. The second-order valence-corrected chi connectivity index (χ2v) is 17.8. The lowest BCUT2D eigenvalue weighted by Gasteiger charge is -2.09. The van der Waals surface area contributed by atoms with Crippen molar-refractivity contribution in [2.24, 2.45) is 0 Å². The molecule has 0 N–H and O–H groups in total. The molecule has 0 amide bonds. The maximum absolute atomic E-state index is 12.9. The Labute approximate surface area is 414 Å². The fraction of sp³-hybridized carbons (Fsp3) is 0.328. The molecule has 0 bridgehead atoms. The third-order valence-corrected chi connectivity index (χ3v) is 12.3. The molecular weight excluding hydrogens is 871 g/mol. The van der Waals surface area contributed by atoms with Crippen LogP contribution < -0.4 is 18.9 Å². The Morgan fingerprint density at radius 3 is 1.06 bits per heavy atom. The van der Waals surface area contributed by atoms with Gasteiger partial charge in [-0.2, -0.15) is 0 Å². The van der Waals surface area contributed by atoms with Crippen molar-refractivity contribution in [3.05, 3.63) is 163 Å². The molecule has 0 aliphatic carbocycles. The molecular formula is C61H67N3O6. The Morgan fingerprint density at radius 2 is 0.700 bits per heavy atom. The molecule has 0 spiro atoms. The molecule has 3 aromatic heterocycles. The maximum Gasteiger partial charge on any atom is 0.343 e. The van der Waals surface area contributed by atoms with E-state index in [9.17, 15) is 9.59 Å². The normalized spacial score (nSPS) is 11.0. The van der Waals surface area contributed by atoms with Crippen molar-refractivity contribution in [1.82, 2.24) is 15.0 Å². The SMILES string of the molecule is CCCCCCCCCCOc1ccc(C(=O)Oc2ccc(-c3ccc(-c4cccc(-c5ccc(-c6ccc(OC(=O)c7ccc(OCCCCCCCCCC)cc7)cc6)cn5)n4)nc3)cc2)cc1. The predicted octanol–water partition coefficient (Wildman–Crippen LogP) is 16.0. The van der Waals surface area contributed by atoms with Crippen LogP contribution in [0, 0.1) is 0 Å². The molecule has 70 heavy (non-hydrogen) atoms. The van der Waals surface area contributed by atoms with E-state index in [1.54, 1.807) is 48.5 Å². The lowest BCUT2D eigenvalue weighted by atomic mass is 10.1. The zero-order valence-electron chi connectivity index (χ0n) is 41.0. The van der Waals surface area contributed by atoms with E-state index in [1.165, 1.54) is 89.9 Å². The van der Waals surface area contributed by atoms with Crippen molar-refractivity contribution in [2.75, 3.05) is 13.2 Å². The molecule has 0 fully saturated rings. The zero-order chi connectivity index (χ0) is 48.6. The van der Waals surface area contributed by atoms with Gasteiger partial charge in [-0.15, -0.1) is 0 Å². The summed E-state index contributed by atoms with van der Waals surface area (Å²) in [7, 11) is 0. The zero-order valence-corrected chi connectivity index (χ0v) is 41.0. The Kier molecular flexibility index (Phi) is 20.1. The molecule has 0 aliphatic heterocycles. The number of hydrogen-bond donors (Lipinski definition) is 0. The first-order valence-corrected chi connectivity index (χ1v) is 25.5. The molecule has 0 saturated heterocycles. The summed E-state index contributed by atoms with van der Waals surface area (Å²) >= 11 is 0. The maximum atomic E-state index is 12.9. The van der Waals surface area contributed by atoms with Crippen molar-refractivity contribution >= 4 is 11.9 Å². The van der Waals surface area contributed by atoms with Crippen molar-refractivity contribution in [3.63, 3.8) is 0 Å². The van der Waals surface area contributed by atoms with Crippen LogP contribution in [0.25, 0.3) is 45.0 Å². The summed E-state index contributed by atoms with van der Waals surface area (Å²) < 4.78 is 23.1. The Morgan fingerprint density at radius 1 is 0.357 bits per heavy atom. The van der Waals surface area contributed by atoms with E-state index in [0.717, 1.165) is 69.4 Å². The van der Waals surface area contributed by atoms with Gasteiger partial charge in [-0.1, -0.05) is 146 Å². The number of esters is 2. The molecule has 9 heteroatoms. The van der Waals surface area contributed by atoms with Crippen molar-refractivity contribution in [2.45, 2.75) is 117 Å². The van der Waals surface area contributed by atoms with Gasteiger partial charge in [0, 0.05) is 23.5 Å². The average molecular weight is 938 g/mol. The molecule has 0 aliphatic rings. The first-order valence-electron chi connectivity index (χ1n) is 25.5. The monoisotopic (exact) mass is 938 g/mol. The lowest BCUT2D eigenvalue weighted by molar-refractivity contribution is 0.0725. The number of unbranched alkanes of at least 4 members (excludes halogenated alkanes) is 14. The third-order valence-electron chi connectivity index (χ3n) is 12.3. The molecule has 362 valence electrons. The van der Waals surface area contributed by atoms with Gasteiger partial charge >= 0.3 is 11.9 Å². The molecule has 0 unspecified atom stereocenters. The van der Waals surface area contributed by atoms with Crippen LogP contribution >= 0.6 is 0 Å². The summed E-state index contributed by atoms with van der Waals surface area (Å²) in [6.45, 7) is 5.84. The van der Waals surface area contributed by atoms with Gasteiger partial charge in [0.1, 0.15) is 23.0 Å². The highest BCUT2D eigenvalue weighted by Gasteiger charge is 2.13. The Hall–Kier alpha value is -7.13.